The molecule has 0 aromatic heterocycles. The first-order valence-corrected chi connectivity index (χ1v) is 12.6. The lowest BCUT2D eigenvalue weighted by Crippen LogP contribution is -2.50. The van der Waals surface area contributed by atoms with Crippen molar-refractivity contribution in [1.82, 2.24) is 0 Å². The zero-order valence-electron chi connectivity index (χ0n) is 20.7. The van der Waals surface area contributed by atoms with Crippen LogP contribution in [-0.2, 0) is 9.47 Å². The van der Waals surface area contributed by atoms with Gasteiger partial charge in [0.05, 0.1) is 0 Å². The highest BCUT2D eigenvalue weighted by Gasteiger charge is 2.53. The van der Waals surface area contributed by atoms with Crippen LogP contribution in [0, 0.1) is 0 Å². The molecule has 10 nitrogen and oxygen atoms in total. The van der Waals surface area contributed by atoms with Gasteiger partial charge in [0.15, 0.2) is 35.2 Å². The van der Waals surface area contributed by atoms with Gasteiger partial charge >= 0.3 is 0 Å². The van der Waals surface area contributed by atoms with E-state index in [1.54, 1.807) is 24.3 Å². The zero-order chi connectivity index (χ0) is 27.7. The van der Waals surface area contributed by atoms with Crippen LogP contribution >= 0.6 is 0 Å². The van der Waals surface area contributed by atoms with Crippen LogP contribution in [0.5, 0.6) is 46.0 Å². The van der Waals surface area contributed by atoms with Crippen molar-refractivity contribution in [2.45, 2.75) is 36.6 Å². The Bertz CT molecular complexity index is 1510. The molecule has 0 saturated carbocycles. The number of aromatic hydroxyl groups is 6. The minimum absolute atomic E-state index is 0.00807. The Kier molecular flexibility index (Phi) is 5.38. The lowest BCUT2D eigenvalue weighted by Gasteiger charge is -2.51. The minimum Gasteiger partial charge on any atom is -0.508 e. The topological polar surface area (TPSA) is 158 Å². The monoisotopic (exact) mass is 544 g/mol. The van der Waals surface area contributed by atoms with Crippen LogP contribution in [0.2, 0.25) is 0 Å². The summed E-state index contributed by atoms with van der Waals surface area (Å²) in [5.74, 6) is -0.511. The van der Waals surface area contributed by atoms with E-state index in [9.17, 15) is 30.6 Å². The normalized spacial score (nSPS) is 26.3. The van der Waals surface area contributed by atoms with Gasteiger partial charge in [-0.2, -0.15) is 0 Å². The molecule has 0 radical (unpaired) electrons. The maximum atomic E-state index is 10.2. The standard InChI is InChI=1S/C30H24O10/c31-15-3-5-17-23(11-15)37-25(13-1-7-19(33)21(35)9-13)29-27(17)40-30-26(14-2-8-20(34)22(36)10-14)38-24-12-16(32)4-6-18(24)28(30)39-29/h1-12,25-36H/t25-,26-,27+,28+,29-,30-/m1/s1. The highest BCUT2D eigenvalue weighted by atomic mass is 16.6. The molecule has 7 rings (SSSR count). The van der Waals surface area contributed by atoms with Gasteiger partial charge < -0.3 is 49.6 Å². The molecule has 1 fully saturated rings. The minimum atomic E-state index is -0.800. The van der Waals surface area contributed by atoms with Gasteiger partial charge in [0.1, 0.15) is 47.4 Å². The van der Waals surface area contributed by atoms with E-state index in [-0.39, 0.29) is 34.5 Å². The third-order valence-electron chi connectivity index (χ3n) is 7.57. The van der Waals surface area contributed by atoms with Gasteiger partial charge in [-0.05, 0) is 59.7 Å². The molecule has 3 aliphatic heterocycles. The number of hydrogen-bond donors (Lipinski definition) is 6. The summed E-state index contributed by atoms with van der Waals surface area (Å²) in [4.78, 5) is 0. The second kappa shape index (κ2) is 8.87. The number of phenolic OH excluding ortho intramolecular Hbond substituents is 6. The maximum Gasteiger partial charge on any atom is 0.157 e. The van der Waals surface area contributed by atoms with E-state index in [0.717, 1.165) is 0 Å². The number of ether oxygens (including phenoxy) is 4. The van der Waals surface area contributed by atoms with E-state index in [2.05, 4.69) is 0 Å². The molecule has 0 amide bonds. The van der Waals surface area contributed by atoms with E-state index in [1.165, 1.54) is 48.5 Å². The average Bonchev–Trinajstić information content (AvgIpc) is 2.94. The van der Waals surface area contributed by atoms with Crippen molar-refractivity contribution < 1.29 is 49.6 Å². The number of phenols is 6. The third-order valence-corrected chi connectivity index (χ3v) is 7.57. The van der Waals surface area contributed by atoms with Gasteiger partial charge in [-0.1, -0.05) is 12.1 Å². The van der Waals surface area contributed by atoms with Gasteiger partial charge in [0.25, 0.3) is 0 Å². The second-order valence-corrected chi connectivity index (χ2v) is 10.1. The number of rotatable bonds is 2. The summed E-state index contributed by atoms with van der Waals surface area (Å²) < 4.78 is 26.1. The second-order valence-electron chi connectivity index (χ2n) is 10.1. The van der Waals surface area contributed by atoms with E-state index in [0.29, 0.717) is 33.8 Å². The molecule has 6 N–H and O–H groups in total. The summed E-state index contributed by atoms with van der Waals surface area (Å²) in [5, 5.41) is 60.5. The van der Waals surface area contributed by atoms with Crippen LogP contribution in [0.25, 0.3) is 0 Å². The zero-order valence-corrected chi connectivity index (χ0v) is 20.7. The van der Waals surface area contributed by atoms with Crippen molar-refractivity contribution in [2.24, 2.45) is 0 Å². The summed E-state index contributed by atoms with van der Waals surface area (Å²) in [6, 6.07) is 18.1. The Balaban J connectivity index is 1.37. The molecule has 10 heteroatoms. The SMILES string of the molecule is Oc1ccc2c(c1)O[C@H](c1ccc(O)c(O)c1)[C@H]1O[C@H]3c4ccc(O)cc4O[C@H](c4ccc(O)c(O)c4)[C@H]3O[C@@H]21. The first-order chi connectivity index (χ1) is 19.3. The predicted octanol–water partition coefficient (Wildman–Crippen LogP) is 4.75. The van der Waals surface area contributed by atoms with Gasteiger partial charge in [0, 0.05) is 23.3 Å². The molecule has 1 saturated heterocycles. The average molecular weight is 545 g/mol. The van der Waals surface area contributed by atoms with Crippen molar-refractivity contribution in [3.63, 3.8) is 0 Å². The van der Waals surface area contributed by atoms with Crippen molar-refractivity contribution in [2.75, 3.05) is 0 Å². The molecule has 40 heavy (non-hydrogen) atoms. The van der Waals surface area contributed by atoms with Crippen LogP contribution in [-0.4, -0.2) is 42.8 Å². The first kappa shape index (κ1) is 24.3. The lowest BCUT2D eigenvalue weighted by atomic mass is 9.86. The molecule has 3 aliphatic rings. The molecule has 3 heterocycles. The number of hydrogen-bond acceptors (Lipinski definition) is 10. The molecule has 6 atom stereocenters. The molecular formula is C30H24O10. The van der Waals surface area contributed by atoms with Crippen molar-refractivity contribution in [3.05, 3.63) is 95.1 Å². The van der Waals surface area contributed by atoms with Gasteiger partial charge in [0.2, 0.25) is 0 Å². The quantitative estimate of drug-likeness (QED) is 0.194. The summed E-state index contributed by atoms with van der Waals surface area (Å²) in [6.07, 6.45) is -4.49. The molecule has 0 aliphatic carbocycles. The Morgan fingerprint density at radius 1 is 0.425 bits per heavy atom. The smallest absolute Gasteiger partial charge is 0.157 e. The highest BCUT2D eigenvalue weighted by Crippen LogP contribution is 2.56. The fourth-order valence-electron chi connectivity index (χ4n) is 5.68. The summed E-state index contributed by atoms with van der Waals surface area (Å²) in [6.45, 7) is 0. The Hall–Kier alpha value is -4.80. The highest BCUT2D eigenvalue weighted by molar-refractivity contribution is 5.50. The Morgan fingerprint density at radius 3 is 1.25 bits per heavy atom. The molecular weight excluding hydrogens is 520 g/mol. The van der Waals surface area contributed by atoms with Crippen LogP contribution in [0.1, 0.15) is 46.7 Å². The van der Waals surface area contributed by atoms with E-state index in [4.69, 9.17) is 18.9 Å². The third kappa shape index (κ3) is 3.80. The van der Waals surface area contributed by atoms with E-state index >= 15 is 0 Å². The summed E-state index contributed by atoms with van der Waals surface area (Å²) >= 11 is 0. The largest absolute Gasteiger partial charge is 0.508 e. The number of benzene rings is 4. The maximum absolute atomic E-state index is 10.2. The summed E-state index contributed by atoms with van der Waals surface area (Å²) in [7, 11) is 0. The van der Waals surface area contributed by atoms with Gasteiger partial charge in [-0.25, -0.2) is 0 Å². The molecule has 4 aromatic rings. The van der Waals surface area contributed by atoms with Crippen LogP contribution in [0.4, 0.5) is 0 Å². The fourth-order valence-corrected chi connectivity index (χ4v) is 5.68. The lowest BCUT2D eigenvalue weighted by molar-refractivity contribution is -0.277. The molecule has 204 valence electrons. The molecule has 0 unspecified atom stereocenters. The Morgan fingerprint density at radius 2 is 0.850 bits per heavy atom. The molecule has 4 aromatic carbocycles. The predicted molar refractivity (Wildman–Crippen MR) is 138 cm³/mol. The number of fused-ring (bicyclic) bond motifs is 6. The van der Waals surface area contributed by atoms with Crippen LogP contribution < -0.4 is 9.47 Å². The molecule has 0 spiro atoms. The van der Waals surface area contributed by atoms with E-state index in [1.807, 2.05) is 0 Å². The van der Waals surface area contributed by atoms with Crippen LogP contribution in [0.3, 0.4) is 0 Å². The van der Waals surface area contributed by atoms with Gasteiger partial charge in [-0.3, -0.25) is 0 Å². The Labute approximate surface area is 227 Å². The molecule has 0 bridgehead atoms. The first-order valence-electron chi connectivity index (χ1n) is 12.6. The van der Waals surface area contributed by atoms with Gasteiger partial charge in [-0.15, -0.1) is 0 Å². The fraction of sp³-hybridized carbons (Fsp3) is 0.200. The van der Waals surface area contributed by atoms with E-state index < -0.39 is 36.6 Å². The van der Waals surface area contributed by atoms with Crippen LogP contribution in [0.15, 0.2) is 72.8 Å². The van der Waals surface area contributed by atoms with Crippen molar-refractivity contribution in [1.29, 1.82) is 0 Å². The van der Waals surface area contributed by atoms with Crippen molar-refractivity contribution >= 4 is 0 Å². The van der Waals surface area contributed by atoms with Crippen molar-refractivity contribution in [3.8, 4) is 46.0 Å². The summed E-state index contributed by atoms with van der Waals surface area (Å²) in [5.41, 5.74) is 2.28.